The highest BCUT2D eigenvalue weighted by atomic mass is 16.6. The van der Waals surface area contributed by atoms with Crippen molar-refractivity contribution in [2.45, 2.75) is 19.4 Å². The van der Waals surface area contributed by atoms with E-state index >= 15 is 0 Å². The number of esters is 1. The highest BCUT2D eigenvalue weighted by molar-refractivity contribution is 5.96. The molecule has 1 aromatic carbocycles. The van der Waals surface area contributed by atoms with Gasteiger partial charge in [0.15, 0.2) is 0 Å². The predicted molar refractivity (Wildman–Crippen MR) is 67.6 cm³/mol. The zero-order valence-electron chi connectivity index (χ0n) is 10.9. The van der Waals surface area contributed by atoms with Gasteiger partial charge in [0.05, 0.1) is 29.3 Å². The van der Waals surface area contributed by atoms with Crippen LogP contribution in [0.3, 0.4) is 0 Å². The van der Waals surface area contributed by atoms with Crippen LogP contribution in [-0.4, -0.2) is 30.1 Å². The first kappa shape index (κ1) is 13.1. The molecular formula is C12H14N2O5. The number of carbonyl (C=O) groups is 1. The lowest BCUT2D eigenvalue weighted by Gasteiger charge is -2.33. The Morgan fingerprint density at radius 1 is 1.53 bits per heavy atom. The summed E-state index contributed by atoms with van der Waals surface area (Å²) in [4.78, 5) is 21.9. The first-order valence-corrected chi connectivity index (χ1v) is 5.66. The predicted octanol–water partition coefficient (Wildman–Crippen LogP) is 1.96. The summed E-state index contributed by atoms with van der Waals surface area (Å²) < 4.78 is 10.0. The zero-order valence-corrected chi connectivity index (χ0v) is 10.9. The molecule has 2 rings (SSSR count). The number of nitrogens with zero attached hydrogens (tertiary/aromatic N) is 1. The molecular weight excluding hydrogens is 252 g/mol. The molecule has 1 N–H and O–H groups in total. The van der Waals surface area contributed by atoms with Gasteiger partial charge in [-0.3, -0.25) is 10.1 Å². The summed E-state index contributed by atoms with van der Waals surface area (Å²) in [6.45, 7) is 4.24. The van der Waals surface area contributed by atoms with Crippen molar-refractivity contribution in [1.29, 1.82) is 0 Å². The van der Waals surface area contributed by atoms with E-state index in [1.165, 1.54) is 19.2 Å². The van der Waals surface area contributed by atoms with Crippen LogP contribution in [0.1, 0.15) is 24.2 Å². The Morgan fingerprint density at radius 3 is 2.79 bits per heavy atom. The molecule has 0 aromatic heterocycles. The van der Waals surface area contributed by atoms with Crippen molar-refractivity contribution in [2.24, 2.45) is 0 Å². The van der Waals surface area contributed by atoms with Gasteiger partial charge in [0.1, 0.15) is 17.9 Å². The lowest BCUT2D eigenvalue weighted by molar-refractivity contribution is -0.385. The van der Waals surface area contributed by atoms with Crippen LogP contribution < -0.4 is 10.1 Å². The van der Waals surface area contributed by atoms with E-state index in [-0.39, 0.29) is 16.8 Å². The minimum absolute atomic E-state index is 0.0972. The first-order chi connectivity index (χ1) is 8.84. The lowest BCUT2D eigenvalue weighted by atomic mass is 10.0. The Labute approximate surface area is 109 Å². The Bertz CT molecular complexity index is 553. The molecule has 7 heteroatoms. The molecule has 0 saturated heterocycles. The number of fused-ring (bicyclic) bond motifs is 1. The fraction of sp³-hybridized carbons (Fsp3) is 0.417. The molecule has 1 aliphatic rings. The van der Waals surface area contributed by atoms with E-state index in [1.54, 1.807) is 0 Å². The second-order valence-electron chi connectivity index (χ2n) is 4.91. The van der Waals surface area contributed by atoms with Crippen LogP contribution in [0.2, 0.25) is 0 Å². The van der Waals surface area contributed by atoms with Crippen molar-refractivity contribution in [1.82, 2.24) is 0 Å². The topological polar surface area (TPSA) is 90.7 Å². The van der Waals surface area contributed by atoms with Gasteiger partial charge in [-0.2, -0.15) is 0 Å². The zero-order chi connectivity index (χ0) is 14.2. The number of carbonyl (C=O) groups excluding carboxylic acids is 1. The van der Waals surface area contributed by atoms with Gasteiger partial charge >= 0.3 is 5.97 Å². The average molecular weight is 266 g/mol. The molecule has 0 atom stereocenters. The van der Waals surface area contributed by atoms with E-state index in [0.717, 1.165) is 0 Å². The highest BCUT2D eigenvalue weighted by Gasteiger charge is 2.31. The van der Waals surface area contributed by atoms with Crippen molar-refractivity contribution in [2.75, 3.05) is 19.0 Å². The normalized spacial score (nSPS) is 15.7. The standard InChI is InChI=1S/C12H14N2O5/c1-12(2)6-19-10-5-9(14(16)17)7(11(15)18-3)4-8(10)13-12/h4-5,13H,6H2,1-3H3. The number of methoxy groups -OCH3 is 1. The number of rotatable bonds is 2. The molecule has 1 aromatic rings. The maximum atomic E-state index is 11.6. The molecule has 0 amide bonds. The van der Waals surface area contributed by atoms with Gasteiger partial charge in [-0.1, -0.05) is 0 Å². The molecule has 0 unspecified atom stereocenters. The van der Waals surface area contributed by atoms with Crippen molar-refractivity contribution in [3.63, 3.8) is 0 Å². The summed E-state index contributed by atoms with van der Waals surface area (Å²) in [5.74, 6) is -0.390. The number of hydrogen-bond acceptors (Lipinski definition) is 6. The van der Waals surface area contributed by atoms with Crippen LogP contribution in [0.25, 0.3) is 0 Å². The van der Waals surface area contributed by atoms with Crippen molar-refractivity contribution >= 4 is 17.3 Å². The van der Waals surface area contributed by atoms with Gasteiger partial charge in [0.2, 0.25) is 0 Å². The van der Waals surface area contributed by atoms with Gasteiger partial charge in [0, 0.05) is 0 Å². The summed E-state index contributed by atoms with van der Waals surface area (Å²) in [7, 11) is 1.18. The summed E-state index contributed by atoms with van der Waals surface area (Å²) >= 11 is 0. The number of anilines is 1. The van der Waals surface area contributed by atoms with E-state index in [1.807, 2.05) is 13.8 Å². The number of nitrogens with one attached hydrogen (secondary N) is 1. The molecule has 0 bridgehead atoms. The minimum atomic E-state index is -0.750. The minimum Gasteiger partial charge on any atom is -0.489 e. The Hall–Kier alpha value is -2.31. The fourth-order valence-corrected chi connectivity index (χ4v) is 1.87. The molecule has 102 valence electrons. The van der Waals surface area contributed by atoms with Gasteiger partial charge < -0.3 is 14.8 Å². The number of hydrogen-bond donors (Lipinski definition) is 1. The molecule has 7 nitrogen and oxygen atoms in total. The van der Waals surface area contributed by atoms with Gasteiger partial charge in [-0.15, -0.1) is 0 Å². The SMILES string of the molecule is COC(=O)c1cc2c(cc1[N+](=O)[O-])OCC(C)(C)N2. The van der Waals surface area contributed by atoms with Gasteiger partial charge in [-0.05, 0) is 19.9 Å². The van der Waals surface area contributed by atoms with Crippen LogP contribution in [0, 0.1) is 10.1 Å². The van der Waals surface area contributed by atoms with Crippen LogP contribution in [0.5, 0.6) is 5.75 Å². The second kappa shape index (κ2) is 4.42. The Kier molecular flexibility index (Phi) is 3.05. The van der Waals surface area contributed by atoms with E-state index in [0.29, 0.717) is 18.0 Å². The molecule has 0 spiro atoms. The van der Waals surface area contributed by atoms with Crippen molar-refractivity contribution < 1.29 is 19.2 Å². The molecule has 0 radical (unpaired) electrons. The fourth-order valence-electron chi connectivity index (χ4n) is 1.87. The van der Waals surface area contributed by atoms with E-state index in [9.17, 15) is 14.9 Å². The van der Waals surface area contributed by atoms with Gasteiger partial charge in [0.25, 0.3) is 5.69 Å². The summed E-state index contributed by atoms with van der Waals surface area (Å²) in [6.07, 6.45) is 0. The molecule has 1 aliphatic heterocycles. The number of benzene rings is 1. The summed E-state index contributed by atoms with van der Waals surface area (Å²) in [5, 5.41) is 14.1. The average Bonchev–Trinajstić information content (AvgIpc) is 2.35. The number of nitro benzene ring substituents is 1. The summed E-state index contributed by atoms with van der Waals surface area (Å²) in [5.41, 5.74) is -0.189. The third kappa shape index (κ3) is 2.44. The smallest absolute Gasteiger partial charge is 0.344 e. The highest BCUT2D eigenvalue weighted by Crippen LogP contribution is 2.37. The molecule has 19 heavy (non-hydrogen) atoms. The van der Waals surface area contributed by atoms with Crippen LogP contribution >= 0.6 is 0 Å². The summed E-state index contributed by atoms with van der Waals surface area (Å²) in [6, 6.07) is 2.63. The van der Waals surface area contributed by atoms with Crippen molar-refractivity contribution in [3.05, 3.63) is 27.8 Å². The molecule has 0 fully saturated rings. The maximum Gasteiger partial charge on any atom is 0.344 e. The second-order valence-corrected chi connectivity index (χ2v) is 4.91. The quantitative estimate of drug-likeness (QED) is 0.500. The third-order valence-corrected chi connectivity index (χ3v) is 2.76. The van der Waals surface area contributed by atoms with E-state index in [2.05, 4.69) is 10.1 Å². The van der Waals surface area contributed by atoms with E-state index < -0.39 is 10.9 Å². The Morgan fingerprint density at radius 2 is 2.21 bits per heavy atom. The van der Waals surface area contributed by atoms with Crippen LogP contribution in [0.4, 0.5) is 11.4 Å². The van der Waals surface area contributed by atoms with Crippen LogP contribution in [0.15, 0.2) is 12.1 Å². The third-order valence-electron chi connectivity index (χ3n) is 2.76. The maximum absolute atomic E-state index is 11.6. The lowest BCUT2D eigenvalue weighted by Crippen LogP contribution is -2.41. The van der Waals surface area contributed by atoms with Crippen LogP contribution in [-0.2, 0) is 4.74 Å². The van der Waals surface area contributed by atoms with E-state index in [4.69, 9.17) is 4.74 Å². The number of nitro groups is 1. The molecule has 1 heterocycles. The Balaban J connectivity index is 2.55. The first-order valence-electron chi connectivity index (χ1n) is 5.66. The molecule has 0 saturated carbocycles. The van der Waals surface area contributed by atoms with Gasteiger partial charge in [-0.25, -0.2) is 4.79 Å². The molecule has 0 aliphatic carbocycles. The largest absolute Gasteiger partial charge is 0.489 e. The monoisotopic (exact) mass is 266 g/mol. The number of ether oxygens (including phenoxy) is 2. The van der Waals surface area contributed by atoms with Crippen molar-refractivity contribution in [3.8, 4) is 5.75 Å².